The Morgan fingerprint density at radius 2 is 1.90 bits per heavy atom. The van der Waals surface area contributed by atoms with Crippen LogP contribution in [0.4, 0.5) is 0 Å². The molecule has 0 bridgehead atoms. The van der Waals surface area contributed by atoms with Crippen molar-refractivity contribution in [1.82, 2.24) is 14.8 Å². The van der Waals surface area contributed by atoms with Gasteiger partial charge in [-0.1, -0.05) is 39.0 Å². The van der Waals surface area contributed by atoms with Crippen molar-refractivity contribution in [3.8, 4) is 5.82 Å². The summed E-state index contributed by atoms with van der Waals surface area (Å²) in [6, 6.07) is 12.2. The van der Waals surface area contributed by atoms with Crippen LogP contribution < -0.4 is 5.73 Å². The summed E-state index contributed by atoms with van der Waals surface area (Å²) in [6.07, 6.45) is 1.86. The molecule has 108 valence electrons. The van der Waals surface area contributed by atoms with Gasteiger partial charge in [0.25, 0.3) is 0 Å². The number of benzene rings is 1. The number of para-hydroxylation sites is 1. The van der Waals surface area contributed by atoms with Gasteiger partial charge in [-0.25, -0.2) is 9.67 Å². The van der Waals surface area contributed by atoms with E-state index in [1.807, 2.05) is 29.1 Å². The third-order valence-corrected chi connectivity index (χ3v) is 3.57. The molecule has 0 atom stereocenters. The Morgan fingerprint density at radius 1 is 1.14 bits per heavy atom. The molecule has 4 heteroatoms. The lowest BCUT2D eigenvalue weighted by atomic mass is 9.91. The summed E-state index contributed by atoms with van der Waals surface area (Å²) < 4.78 is 1.88. The molecule has 0 radical (unpaired) electrons. The maximum atomic E-state index is 5.84. The van der Waals surface area contributed by atoms with E-state index < -0.39 is 0 Å². The molecule has 0 saturated carbocycles. The quantitative estimate of drug-likeness (QED) is 0.784. The molecule has 21 heavy (non-hydrogen) atoms. The van der Waals surface area contributed by atoms with E-state index in [9.17, 15) is 0 Å². The van der Waals surface area contributed by atoms with Crippen molar-refractivity contribution < 1.29 is 0 Å². The number of rotatable bonds is 2. The van der Waals surface area contributed by atoms with Crippen LogP contribution in [0.3, 0.4) is 0 Å². The van der Waals surface area contributed by atoms with Crippen LogP contribution in [0, 0.1) is 0 Å². The number of hydrogen-bond acceptors (Lipinski definition) is 3. The monoisotopic (exact) mass is 280 g/mol. The van der Waals surface area contributed by atoms with E-state index in [-0.39, 0.29) is 5.41 Å². The molecule has 0 amide bonds. The van der Waals surface area contributed by atoms with E-state index in [4.69, 9.17) is 10.7 Å². The lowest BCUT2D eigenvalue weighted by molar-refractivity contribution is 0.565. The molecule has 1 aromatic carbocycles. The lowest BCUT2D eigenvalue weighted by Crippen LogP contribution is -2.16. The summed E-state index contributed by atoms with van der Waals surface area (Å²) in [5, 5.41) is 5.58. The predicted molar refractivity (Wildman–Crippen MR) is 85.5 cm³/mol. The van der Waals surface area contributed by atoms with E-state index in [1.54, 1.807) is 0 Å². The van der Waals surface area contributed by atoms with Crippen LogP contribution in [0.2, 0.25) is 0 Å². The van der Waals surface area contributed by atoms with Gasteiger partial charge < -0.3 is 5.73 Å². The zero-order valence-electron chi connectivity index (χ0n) is 12.7. The smallest absolute Gasteiger partial charge is 0.154 e. The molecular formula is C17H20N4. The summed E-state index contributed by atoms with van der Waals surface area (Å²) >= 11 is 0. The fraction of sp³-hybridized carbons (Fsp3) is 0.294. The number of nitrogens with zero attached hydrogens (tertiary/aromatic N) is 3. The van der Waals surface area contributed by atoms with E-state index in [0.717, 1.165) is 28.0 Å². The molecule has 2 aromatic heterocycles. The first kappa shape index (κ1) is 13.8. The second-order valence-electron chi connectivity index (χ2n) is 6.29. The van der Waals surface area contributed by atoms with Crippen molar-refractivity contribution in [3.63, 3.8) is 0 Å². The van der Waals surface area contributed by atoms with Crippen LogP contribution in [0.25, 0.3) is 16.7 Å². The largest absolute Gasteiger partial charge is 0.326 e. The summed E-state index contributed by atoms with van der Waals surface area (Å²) in [5.41, 5.74) is 8.97. The summed E-state index contributed by atoms with van der Waals surface area (Å²) in [4.78, 5) is 4.79. The topological polar surface area (TPSA) is 56.7 Å². The van der Waals surface area contributed by atoms with E-state index in [0.29, 0.717) is 6.54 Å². The SMILES string of the molecule is CC(C)(C)c1cc(CN)cc(-n2ncc3ccccc32)n1. The predicted octanol–water partition coefficient (Wildman–Crippen LogP) is 3.18. The average Bonchev–Trinajstić information content (AvgIpc) is 2.89. The van der Waals surface area contributed by atoms with E-state index in [2.05, 4.69) is 44.1 Å². The highest BCUT2D eigenvalue weighted by Gasteiger charge is 2.18. The third-order valence-electron chi connectivity index (χ3n) is 3.57. The highest BCUT2D eigenvalue weighted by Crippen LogP contribution is 2.24. The molecule has 0 unspecified atom stereocenters. The Kier molecular flexibility index (Phi) is 3.26. The van der Waals surface area contributed by atoms with Crippen LogP contribution in [0.15, 0.2) is 42.6 Å². The van der Waals surface area contributed by atoms with Gasteiger partial charge in [-0.15, -0.1) is 0 Å². The second-order valence-corrected chi connectivity index (χ2v) is 6.29. The van der Waals surface area contributed by atoms with Gasteiger partial charge >= 0.3 is 0 Å². The van der Waals surface area contributed by atoms with Gasteiger partial charge in [-0.2, -0.15) is 5.10 Å². The zero-order valence-corrected chi connectivity index (χ0v) is 12.7. The molecule has 0 aliphatic heterocycles. The Balaban J connectivity index is 2.22. The molecule has 2 N–H and O–H groups in total. The van der Waals surface area contributed by atoms with Crippen molar-refractivity contribution in [2.75, 3.05) is 0 Å². The molecule has 0 fully saturated rings. The van der Waals surface area contributed by atoms with Crippen molar-refractivity contribution in [3.05, 3.63) is 53.9 Å². The van der Waals surface area contributed by atoms with Crippen LogP contribution in [0.5, 0.6) is 0 Å². The van der Waals surface area contributed by atoms with Gasteiger partial charge in [-0.3, -0.25) is 0 Å². The third kappa shape index (κ3) is 2.54. The highest BCUT2D eigenvalue weighted by atomic mass is 15.3. The molecular weight excluding hydrogens is 260 g/mol. The first-order valence-electron chi connectivity index (χ1n) is 7.14. The minimum atomic E-state index is -0.0249. The molecule has 0 saturated heterocycles. The minimum Gasteiger partial charge on any atom is -0.326 e. The molecule has 0 aliphatic carbocycles. The van der Waals surface area contributed by atoms with Crippen molar-refractivity contribution in [2.45, 2.75) is 32.7 Å². The van der Waals surface area contributed by atoms with Gasteiger partial charge in [0.15, 0.2) is 5.82 Å². The fourth-order valence-corrected chi connectivity index (χ4v) is 2.34. The molecule has 0 spiro atoms. The molecule has 0 aliphatic rings. The Morgan fingerprint density at radius 3 is 2.62 bits per heavy atom. The van der Waals surface area contributed by atoms with Crippen molar-refractivity contribution in [2.24, 2.45) is 5.73 Å². The zero-order chi connectivity index (χ0) is 15.0. The highest BCUT2D eigenvalue weighted by molar-refractivity contribution is 5.79. The van der Waals surface area contributed by atoms with Crippen LogP contribution in [-0.4, -0.2) is 14.8 Å². The normalized spacial score (nSPS) is 12.0. The lowest BCUT2D eigenvalue weighted by Gasteiger charge is -2.19. The fourth-order valence-electron chi connectivity index (χ4n) is 2.34. The minimum absolute atomic E-state index is 0.0249. The number of hydrogen-bond donors (Lipinski definition) is 1. The van der Waals surface area contributed by atoms with Crippen LogP contribution in [0.1, 0.15) is 32.0 Å². The standard InChI is InChI=1S/C17H20N4/c1-17(2,3)15-8-12(10-18)9-16(20-15)21-14-7-5-4-6-13(14)11-19-21/h4-9,11H,10,18H2,1-3H3. The van der Waals surface area contributed by atoms with Crippen molar-refractivity contribution >= 4 is 10.9 Å². The molecule has 4 nitrogen and oxygen atoms in total. The maximum absolute atomic E-state index is 5.84. The Bertz CT molecular complexity index is 781. The molecule has 3 rings (SSSR count). The van der Waals surface area contributed by atoms with Crippen molar-refractivity contribution in [1.29, 1.82) is 0 Å². The summed E-state index contributed by atoms with van der Waals surface area (Å²) in [6.45, 7) is 6.96. The van der Waals surface area contributed by atoms with Crippen LogP contribution >= 0.6 is 0 Å². The van der Waals surface area contributed by atoms with Crippen LogP contribution in [-0.2, 0) is 12.0 Å². The number of fused-ring (bicyclic) bond motifs is 1. The first-order valence-corrected chi connectivity index (χ1v) is 7.14. The van der Waals surface area contributed by atoms with Gasteiger partial charge in [0.05, 0.1) is 11.7 Å². The van der Waals surface area contributed by atoms with Gasteiger partial charge in [0.1, 0.15) is 0 Å². The van der Waals surface area contributed by atoms with E-state index >= 15 is 0 Å². The number of nitrogens with two attached hydrogens (primary N) is 1. The Labute approximate surface area is 124 Å². The second kappa shape index (κ2) is 4.97. The molecule has 3 aromatic rings. The summed E-state index contributed by atoms with van der Waals surface area (Å²) in [5.74, 6) is 0.823. The Hall–Kier alpha value is -2.20. The van der Waals surface area contributed by atoms with Gasteiger partial charge in [-0.05, 0) is 23.8 Å². The summed E-state index contributed by atoms with van der Waals surface area (Å²) in [7, 11) is 0. The number of aromatic nitrogens is 3. The van der Waals surface area contributed by atoms with Gasteiger partial charge in [0.2, 0.25) is 0 Å². The molecule has 2 heterocycles. The van der Waals surface area contributed by atoms with Gasteiger partial charge in [0, 0.05) is 23.0 Å². The first-order chi connectivity index (χ1) is 9.99. The van der Waals surface area contributed by atoms with E-state index in [1.165, 1.54) is 0 Å². The average molecular weight is 280 g/mol. The maximum Gasteiger partial charge on any atom is 0.154 e. The number of pyridine rings is 1.